The molecule has 0 aromatic heterocycles. The Labute approximate surface area is 213 Å². The molecule has 33 heavy (non-hydrogen) atoms. The van der Waals surface area contributed by atoms with Crippen LogP contribution in [0.25, 0.3) is 0 Å². The lowest BCUT2D eigenvalue weighted by Crippen LogP contribution is -2.31. The molecule has 0 bridgehead atoms. The second-order valence-corrected chi connectivity index (χ2v) is 9.95. The van der Waals surface area contributed by atoms with Gasteiger partial charge in [0.05, 0.1) is 6.61 Å². The summed E-state index contributed by atoms with van der Waals surface area (Å²) in [6, 6.07) is 0. The van der Waals surface area contributed by atoms with Gasteiger partial charge in [-0.05, 0) is 19.3 Å². The fourth-order valence-electron chi connectivity index (χ4n) is 3.78. The smallest absolute Gasteiger partial charge is 0.407 e. The Morgan fingerprint density at radius 3 is 1.73 bits per heavy atom. The SMILES string of the molecule is CCCCCCCCCCCCCCCCCCNC(=O)OC[C@H](COCCCCBr)OC. The van der Waals surface area contributed by atoms with Crippen LogP contribution in [0.2, 0.25) is 0 Å². The van der Waals surface area contributed by atoms with Crippen molar-refractivity contribution in [1.82, 2.24) is 5.32 Å². The minimum atomic E-state index is -0.364. The molecule has 0 rings (SSSR count). The van der Waals surface area contributed by atoms with Crippen LogP contribution in [-0.2, 0) is 14.2 Å². The van der Waals surface area contributed by atoms with Crippen molar-refractivity contribution < 1.29 is 19.0 Å². The summed E-state index contributed by atoms with van der Waals surface area (Å²) in [6.07, 6.45) is 23.2. The number of ether oxygens (including phenoxy) is 3. The van der Waals surface area contributed by atoms with E-state index in [1.165, 1.54) is 96.3 Å². The van der Waals surface area contributed by atoms with E-state index < -0.39 is 0 Å². The normalized spacial score (nSPS) is 12.1. The number of carbonyl (C=O) groups excluding carboxylic acids is 1. The third-order valence-corrected chi connectivity index (χ3v) is 6.57. The minimum Gasteiger partial charge on any atom is -0.447 e. The molecule has 0 aromatic carbocycles. The van der Waals surface area contributed by atoms with Crippen LogP contribution in [-0.4, -0.2) is 51.0 Å². The standard InChI is InChI=1S/C27H54BrNO4/c1-3-4-5-6-7-8-9-10-11-12-13-14-15-16-17-19-22-29-27(30)33-25-26(31-2)24-32-23-20-18-21-28/h26H,3-25H2,1-2H3,(H,29,30)/t26-/m0/s1. The van der Waals surface area contributed by atoms with Crippen molar-refractivity contribution in [2.75, 3.05) is 38.8 Å². The zero-order chi connectivity index (χ0) is 24.2. The Balaban J connectivity index is 3.31. The second kappa shape index (κ2) is 27.9. The van der Waals surface area contributed by atoms with Crippen molar-refractivity contribution >= 4 is 22.0 Å². The quantitative estimate of drug-likeness (QED) is 0.0895. The number of carbonyl (C=O) groups is 1. The molecular formula is C27H54BrNO4. The summed E-state index contributed by atoms with van der Waals surface area (Å²) in [5.41, 5.74) is 0. The second-order valence-electron chi connectivity index (χ2n) is 9.16. The van der Waals surface area contributed by atoms with Gasteiger partial charge in [-0.1, -0.05) is 119 Å². The van der Waals surface area contributed by atoms with E-state index in [0.717, 1.165) is 24.6 Å². The zero-order valence-corrected chi connectivity index (χ0v) is 23.4. The van der Waals surface area contributed by atoms with Crippen LogP contribution >= 0.6 is 15.9 Å². The van der Waals surface area contributed by atoms with Gasteiger partial charge in [0, 0.05) is 25.6 Å². The Morgan fingerprint density at radius 2 is 1.24 bits per heavy atom. The summed E-state index contributed by atoms with van der Waals surface area (Å²) >= 11 is 3.40. The van der Waals surface area contributed by atoms with Gasteiger partial charge in [0.2, 0.25) is 0 Å². The lowest BCUT2D eigenvalue weighted by molar-refractivity contribution is -0.0245. The van der Waals surface area contributed by atoms with E-state index in [1.54, 1.807) is 7.11 Å². The molecule has 0 unspecified atom stereocenters. The summed E-state index contributed by atoms with van der Waals surface area (Å²) in [7, 11) is 1.62. The molecule has 6 heteroatoms. The van der Waals surface area contributed by atoms with Crippen molar-refractivity contribution in [3.8, 4) is 0 Å². The summed E-state index contributed by atoms with van der Waals surface area (Å²) in [5.74, 6) is 0. The van der Waals surface area contributed by atoms with Gasteiger partial charge in [-0.3, -0.25) is 0 Å². The molecule has 5 nitrogen and oxygen atoms in total. The summed E-state index contributed by atoms with van der Waals surface area (Å²) in [5, 5.41) is 3.83. The number of hydrogen-bond acceptors (Lipinski definition) is 4. The number of unbranched alkanes of at least 4 members (excludes halogenated alkanes) is 16. The minimum absolute atomic E-state index is 0.213. The van der Waals surface area contributed by atoms with Crippen LogP contribution in [0.15, 0.2) is 0 Å². The van der Waals surface area contributed by atoms with Gasteiger partial charge in [-0.15, -0.1) is 0 Å². The first-order valence-electron chi connectivity index (χ1n) is 13.8. The third-order valence-electron chi connectivity index (χ3n) is 6.01. The lowest BCUT2D eigenvalue weighted by atomic mass is 10.0. The zero-order valence-electron chi connectivity index (χ0n) is 21.9. The molecule has 0 spiro atoms. The van der Waals surface area contributed by atoms with Crippen LogP contribution in [0.4, 0.5) is 4.79 Å². The highest BCUT2D eigenvalue weighted by Crippen LogP contribution is 2.13. The molecule has 198 valence electrons. The van der Waals surface area contributed by atoms with Gasteiger partial charge < -0.3 is 19.5 Å². The maximum atomic E-state index is 11.8. The molecule has 0 saturated carbocycles. The summed E-state index contributed by atoms with van der Waals surface area (Å²) in [6.45, 7) is 4.34. The highest BCUT2D eigenvalue weighted by atomic mass is 79.9. The van der Waals surface area contributed by atoms with E-state index in [4.69, 9.17) is 14.2 Å². The van der Waals surface area contributed by atoms with E-state index in [0.29, 0.717) is 19.8 Å². The Morgan fingerprint density at radius 1 is 0.727 bits per heavy atom. The van der Waals surface area contributed by atoms with Crippen LogP contribution in [0.5, 0.6) is 0 Å². The molecule has 1 amide bonds. The Bertz CT molecular complexity index is 398. The number of rotatable bonds is 26. The number of halogens is 1. The first kappa shape index (κ1) is 32.7. The Hall–Kier alpha value is -0.330. The van der Waals surface area contributed by atoms with E-state index in [-0.39, 0.29) is 18.8 Å². The molecule has 0 radical (unpaired) electrons. The highest BCUT2D eigenvalue weighted by Gasteiger charge is 2.11. The van der Waals surface area contributed by atoms with Crippen molar-refractivity contribution in [3.63, 3.8) is 0 Å². The monoisotopic (exact) mass is 535 g/mol. The molecule has 0 fully saturated rings. The number of alkyl halides is 1. The van der Waals surface area contributed by atoms with Crippen molar-refractivity contribution in [1.29, 1.82) is 0 Å². The number of nitrogens with one attached hydrogen (secondary N) is 1. The first-order valence-corrected chi connectivity index (χ1v) is 14.9. The highest BCUT2D eigenvalue weighted by molar-refractivity contribution is 9.09. The van der Waals surface area contributed by atoms with Gasteiger partial charge >= 0.3 is 6.09 Å². The van der Waals surface area contributed by atoms with Gasteiger partial charge in [-0.2, -0.15) is 0 Å². The molecular weight excluding hydrogens is 482 g/mol. The van der Waals surface area contributed by atoms with E-state index in [1.807, 2.05) is 0 Å². The van der Waals surface area contributed by atoms with Crippen LogP contribution in [0.1, 0.15) is 122 Å². The molecule has 0 aliphatic heterocycles. The van der Waals surface area contributed by atoms with Gasteiger partial charge in [0.1, 0.15) is 12.7 Å². The Kier molecular flexibility index (Phi) is 27.6. The van der Waals surface area contributed by atoms with E-state index in [2.05, 4.69) is 28.2 Å². The fourth-order valence-corrected chi connectivity index (χ4v) is 4.18. The summed E-state index contributed by atoms with van der Waals surface area (Å²) < 4.78 is 16.1. The van der Waals surface area contributed by atoms with Crippen LogP contribution in [0, 0.1) is 0 Å². The average molecular weight is 537 g/mol. The predicted octanol–water partition coefficient (Wildman–Crippen LogP) is 8.18. The largest absolute Gasteiger partial charge is 0.447 e. The average Bonchev–Trinajstić information content (AvgIpc) is 2.82. The molecule has 1 N–H and O–H groups in total. The molecule has 0 aliphatic carbocycles. The lowest BCUT2D eigenvalue weighted by Gasteiger charge is -2.16. The van der Waals surface area contributed by atoms with Crippen molar-refractivity contribution in [2.24, 2.45) is 0 Å². The van der Waals surface area contributed by atoms with Crippen LogP contribution in [0.3, 0.4) is 0 Å². The maximum Gasteiger partial charge on any atom is 0.407 e. The molecule has 0 heterocycles. The first-order chi connectivity index (χ1) is 16.2. The number of methoxy groups -OCH3 is 1. The topological polar surface area (TPSA) is 56.8 Å². The van der Waals surface area contributed by atoms with Crippen LogP contribution < -0.4 is 5.32 Å². The summed E-state index contributed by atoms with van der Waals surface area (Å²) in [4.78, 5) is 11.8. The van der Waals surface area contributed by atoms with Crippen molar-refractivity contribution in [3.05, 3.63) is 0 Å². The van der Waals surface area contributed by atoms with E-state index in [9.17, 15) is 4.79 Å². The van der Waals surface area contributed by atoms with Gasteiger partial charge in [-0.25, -0.2) is 4.79 Å². The van der Waals surface area contributed by atoms with Crippen molar-refractivity contribution in [2.45, 2.75) is 129 Å². The molecule has 1 atom stereocenters. The van der Waals surface area contributed by atoms with Gasteiger partial charge in [0.15, 0.2) is 0 Å². The molecule has 0 aromatic rings. The van der Waals surface area contributed by atoms with E-state index >= 15 is 0 Å². The molecule has 0 aliphatic rings. The predicted molar refractivity (Wildman–Crippen MR) is 144 cm³/mol. The fraction of sp³-hybridized carbons (Fsp3) is 0.963. The third kappa shape index (κ3) is 26.1. The molecule has 0 saturated heterocycles. The number of alkyl carbamates (subject to hydrolysis) is 1. The number of amides is 1. The maximum absolute atomic E-state index is 11.8. The number of hydrogen-bond donors (Lipinski definition) is 1. The van der Waals surface area contributed by atoms with Gasteiger partial charge in [0.25, 0.3) is 0 Å².